The molecule has 0 bridgehead atoms. The lowest BCUT2D eigenvalue weighted by atomic mass is 9.94. The van der Waals surface area contributed by atoms with E-state index in [0.29, 0.717) is 16.0 Å². The maximum Gasteiger partial charge on any atom is 0.233 e. The van der Waals surface area contributed by atoms with Crippen LogP contribution in [0.2, 0.25) is 10.2 Å². The molecule has 2 heterocycles. The van der Waals surface area contributed by atoms with E-state index in [9.17, 15) is 4.79 Å². The lowest BCUT2D eigenvalue weighted by Gasteiger charge is -2.16. The van der Waals surface area contributed by atoms with Gasteiger partial charge in [0.15, 0.2) is 0 Å². The van der Waals surface area contributed by atoms with E-state index in [-0.39, 0.29) is 11.8 Å². The lowest BCUT2D eigenvalue weighted by Crippen LogP contribution is -2.21. The minimum absolute atomic E-state index is 0.117. The Morgan fingerprint density at radius 2 is 2.10 bits per heavy atom. The van der Waals surface area contributed by atoms with Gasteiger partial charge in [-0.3, -0.25) is 4.79 Å². The number of halogens is 2. The van der Waals surface area contributed by atoms with Crippen LogP contribution in [0.15, 0.2) is 36.7 Å². The van der Waals surface area contributed by atoms with E-state index in [1.165, 1.54) is 6.20 Å². The first-order valence-electron chi connectivity index (χ1n) is 6.64. The van der Waals surface area contributed by atoms with Gasteiger partial charge in [-0.1, -0.05) is 36.5 Å². The quantitative estimate of drug-likeness (QED) is 0.834. The van der Waals surface area contributed by atoms with E-state index in [0.717, 1.165) is 18.4 Å². The third kappa shape index (κ3) is 4.41. The fraction of sp³-hybridized carbons (Fsp3) is 0.267. The summed E-state index contributed by atoms with van der Waals surface area (Å²) in [5.41, 5.74) is 0.850. The Balaban J connectivity index is 2.17. The lowest BCUT2D eigenvalue weighted by molar-refractivity contribution is -0.117. The Morgan fingerprint density at radius 1 is 1.29 bits per heavy atom. The summed E-state index contributed by atoms with van der Waals surface area (Å²) >= 11 is 11.7. The molecule has 0 saturated heterocycles. The molecule has 2 rings (SSSR count). The summed E-state index contributed by atoms with van der Waals surface area (Å²) in [5, 5.41) is 3.71. The van der Waals surface area contributed by atoms with E-state index in [2.05, 4.69) is 15.3 Å². The number of carbonyl (C=O) groups excluding carboxylic acids is 1. The first-order chi connectivity index (χ1) is 10.1. The maximum atomic E-state index is 12.5. The Labute approximate surface area is 133 Å². The summed E-state index contributed by atoms with van der Waals surface area (Å²) in [6.07, 6.45) is 4.70. The Bertz CT molecular complexity index is 617. The van der Waals surface area contributed by atoms with Gasteiger partial charge in [0.05, 0.1) is 10.9 Å². The van der Waals surface area contributed by atoms with Gasteiger partial charge < -0.3 is 5.32 Å². The Hall–Kier alpha value is -1.65. The summed E-state index contributed by atoms with van der Waals surface area (Å²) in [7, 11) is 0. The summed E-state index contributed by atoms with van der Waals surface area (Å²) < 4.78 is 0. The predicted octanol–water partition coefficient (Wildman–Crippen LogP) is 4.31. The van der Waals surface area contributed by atoms with Crippen molar-refractivity contribution in [2.45, 2.75) is 25.7 Å². The van der Waals surface area contributed by atoms with Crippen molar-refractivity contribution >= 4 is 34.9 Å². The molecule has 2 aromatic heterocycles. The fourth-order valence-corrected chi connectivity index (χ4v) is 2.33. The number of aromatic nitrogens is 2. The average molecular weight is 324 g/mol. The molecule has 0 saturated carbocycles. The highest BCUT2D eigenvalue weighted by molar-refractivity contribution is 6.30. The third-order valence-electron chi connectivity index (χ3n) is 3.03. The summed E-state index contributed by atoms with van der Waals surface area (Å²) in [4.78, 5) is 20.5. The number of nitrogens with zero attached hydrogens (tertiary/aromatic N) is 2. The molecule has 6 heteroatoms. The molecule has 4 nitrogen and oxygen atoms in total. The van der Waals surface area contributed by atoms with Gasteiger partial charge in [-0.2, -0.15) is 0 Å². The second-order valence-corrected chi connectivity index (χ2v) is 5.43. The summed E-state index contributed by atoms with van der Waals surface area (Å²) in [6, 6.07) is 6.88. The number of nitrogens with one attached hydrogen (secondary N) is 1. The molecule has 1 amide bonds. The van der Waals surface area contributed by atoms with Gasteiger partial charge in [-0.05, 0) is 36.2 Å². The average Bonchev–Trinajstić information content (AvgIpc) is 2.47. The van der Waals surface area contributed by atoms with E-state index in [1.807, 2.05) is 6.92 Å². The Morgan fingerprint density at radius 3 is 2.71 bits per heavy atom. The van der Waals surface area contributed by atoms with Crippen LogP contribution in [-0.2, 0) is 4.79 Å². The number of hydrogen-bond donors (Lipinski definition) is 1. The van der Waals surface area contributed by atoms with Crippen molar-refractivity contribution in [1.29, 1.82) is 0 Å². The van der Waals surface area contributed by atoms with Gasteiger partial charge >= 0.3 is 0 Å². The molecule has 0 spiro atoms. The first kappa shape index (κ1) is 15.7. The van der Waals surface area contributed by atoms with Gasteiger partial charge in [-0.15, -0.1) is 0 Å². The van der Waals surface area contributed by atoms with Crippen LogP contribution < -0.4 is 5.32 Å². The van der Waals surface area contributed by atoms with Crippen LogP contribution in [0.5, 0.6) is 0 Å². The number of hydrogen-bond acceptors (Lipinski definition) is 3. The Kier molecular flexibility index (Phi) is 5.53. The molecule has 2 aromatic rings. The van der Waals surface area contributed by atoms with Crippen LogP contribution in [0, 0.1) is 0 Å². The van der Waals surface area contributed by atoms with Crippen LogP contribution in [0.1, 0.15) is 31.2 Å². The van der Waals surface area contributed by atoms with Crippen LogP contribution in [-0.4, -0.2) is 15.9 Å². The number of carbonyl (C=O) groups is 1. The van der Waals surface area contributed by atoms with Gasteiger partial charge in [-0.25, -0.2) is 9.97 Å². The van der Waals surface area contributed by atoms with E-state index in [4.69, 9.17) is 23.2 Å². The minimum Gasteiger partial charge on any atom is -0.310 e. The second-order valence-electron chi connectivity index (χ2n) is 4.60. The molecule has 1 unspecified atom stereocenters. The molecule has 21 heavy (non-hydrogen) atoms. The third-order valence-corrected chi connectivity index (χ3v) is 3.46. The number of amides is 1. The maximum absolute atomic E-state index is 12.5. The zero-order valence-corrected chi connectivity index (χ0v) is 13.0. The van der Waals surface area contributed by atoms with Crippen LogP contribution in [0.4, 0.5) is 5.82 Å². The van der Waals surface area contributed by atoms with Crippen molar-refractivity contribution in [2.24, 2.45) is 0 Å². The van der Waals surface area contributed by atoms with Gasteiger partial charge in [0.2, 0.25) is 5.91 Å². The topological polar surface area (TPSA) is 54.9 Å². The molecular formula is C15H15Cl2N3O. The van der Waals surface area contributed by atoms with Gasteiger partial charge in [0.1, 0.15) is 11.0 Å². The fourth-order valence-electron chi connectivity index (χ4n) is 2.04. The molecule has 0 radical (unpaired) electrons. The zero-order valence-electron chi connectivity index (χ0n) is 11.5. The standard InChI is InChI=1S/C15H15Cl2N3O/c1-2-3-12(10-6-7-18-13(17)8-10)15(21)20-14-5-4-11(16)9-19-14/h4-9,12H,2-3H2,1H3,(H,19,20,21). The zero-order chi connectivity index (χ0) is 15.2. The molecule has 0 aliphatic carbocycles. The van der Waals surface area contributed by atoms with E-state index >= 15 is 0 Å². The predicted molar refractivity (Wildman–Crippen MR) is 84.8 cm³/mol. The van der Waals surface area contributed by atoms with Crippen molar-refractivity contribution in [3.63, 3.8) is 0 Å². The van der Waals surface area contributed by atoms with Crippen LogP contribution >= 0.6 is 23.2 Å². The molecule has 1 N–H and O–H groups in total. The molecule has 0 aromatic carbocycles. The summed E-state index contributed by atoms with van der Waals surface area (Å²) in [5.74, 6) is 0.0765. The van der Waals surface area contributed by atoms with Crippen molar-refractivity contribution in [2.75, 3.05) is 5.32 Å². The monoisotopic (exact) mass is 323 g/mol. The molecule has 0 aliphatic rings. The van der Waals surface area contributed by atoms with Crippen LogP contribution in [0.3, 0.4) is 0 Å². The van der Waals surface area contributed by atoms with Crippen molar-refractivity contribution in [3.8, 4) is 0 Å². The van der Waals surface area contributed by atoms with Crippen molar-refractivity contribution in [1.82, 2.24) is 9.97 Å². The minimum atomic E-state index is -0.284. The smallest absolute Gasteiger partial charge is 0.233 e. The molecule has 0 fully saturated rings. The van der Waals surface area contributed by atoms with Crippen molar-refractivity contribution < 1.29 is 4.79 Å². The van der Waals surface area contributed by atoms with Gasteiger partial charge in [0, 0.05) is 12.4 Å². The highest BCUT2D eigenvalue weighted by Gasteiger charge is 2.20. The second kappa shape index (κ2) is 7.38. The SMILES string of the molecule is CCCC(C(=O)Nc1ccc(Cl)cn1)c1ccnc(Cl)c1. The number of rotatable bonds is 5. The highest BCUT2D eigenvalue weighted by atomic mass is 35.5. The molecule has 0 aliphatic heterocycles. The van der Waals surface area contributed by atoms with E-state index in [1.54, 1.807) is 30.5 Å². The molecular weight excluding hydrogens is 309 g/mol. The van der Waals surface area contributed by atoms with Gasteiger partial charge in [0.25, 0.3) is 0 Å². The summed E-state index contributed by atoms with van der Waals surface area (Å²) in [6.45, 7) is 2.03. The first-order valence-corrected chi connectivity index (χ1v) is 7.39. The highest BCUT2D eigenvalue weighted by Crippen LogP contribution is 2.24. The molecule has 1 atom stereocenters. The van der Waals surface area contributed by atoms with E-state index < -0.39 is 0 Å². The largest absolute Gasteiger partial charge is 0.310 e. The normalized spacial score (nSPS) is 12.0. The number of pyridine rings is 2. The molecule has 110 valence electrons. The van der Waals surface area contributed by atoms with Crippen LogP contribution in [0.25, 0.3) is 0 Å². The number of anilines is 1. The van der Waals surface area contributed by atoms with Crippen molar-refractivity contribution in [3.05, 3.63) is 52.4 Å².